The van der Waals surface area contributed by atoms with Crippen molar-refractivity contribution in [1.82, 2.24) is 0 Å². The molecule has 1 atom stereocenters. The standard InChI is InChI=1S/C19H21ClN2O2S/c1-12-7-17-14(9-15(12)20)13(8-19(23)24-17)10-21-11-16(22(2)3)18-5-4-6-25-18/h4-9,16,21H,10-11H2,1-3H3/p+2/t16-/m1/s1. The highest BCUT2D eigenvalue weighted by molar-refractivity contribution is 7.10. The fourth-order valence-electron chi connectivity index (χ4n) is 3.05. The summed E-state index contributed by atoms with van der Waals surface area (Å²) >= 11 is 8.05. The normalized spacial score (nSPS) is 12.8. The zero-order valence-corrected chi connectivity index (χ0v) is 16.2. The molecule has 0 unspecified atom stereocenters. The van der Waals surface area contributed by atoms with Gasteiger partial charge in [-0.15, -0.1) is 11.3 Å². The topological polar surface area (TPSA) is 51.3 Å². The minimum absolute atomic E-state index is 0.314. The van der Waals surface area contributed by atoms with Crippen molar-refractivity contribution >= 4 is 33.9 Å². The van der Waals surface area contributed by atoms with Crippen LogP contribution in [0.5, 0.6) is 0 Å². The highest BCUT2D eigenvalue weighted by Gasteiger charge is 2.21. The molecule has 1 aromatic carbocycles. The number of likely N-dealkylation sites (N-methyl/N-ethyl adjacent to an activating group) is 1. The summed E-state index contributed by atoms with van der Waals surface area (Å²) in [6.07, 6.45) is 0. The molecule has 2 aromatic heterocycles. The number of fused-ring (bicyclic) bond motifs is 1. The van der Waals surface area contributed by atoms with Crippen LogP contribution in [0.1, 0.15) is 22.0 Å². The lowest BCUT2D eigenvalue weighted by atomic mass is 10.1. The van der Waals surface area contributed by atoms with Crippen LogP contribution in [-0.4, -0.2) is 20.6 Å². The molecule has 0 saturated heterocycles. The summed E-state index contributed by atoms with van der Waals surface area (Å²) < 4.78 is 5.33. The summed E-state index contributed by atoms with van der Waals surface area (Å²) in [5.74, 6) is 0. The van der Waals surface area contributed by atoms with Crippen molar-refractivity contribution in [2.24, 2.45) is 0 Å². The van der Waals surface area contributed by atoms with Gasteiger partial charge in [-0.1, -0.05) is 17.7 Å². The first-order chi connectivity index (χ1) is 12.0. The van der Waals surface area contributed by atoms with Crippen molar-refractivity contribution in [3.8, 4) is 0 Å². The monoisotopic (exact) mass is 378 g/mol. The van der Waals surface area contributed by atoms with Gasteiger partial charge in [0.05, 0.1) is 19.0 Å². The van der Waals surface area contributed by atoms with Crippen molar-refractivity contribution in [1.29, 1.82) is 0 Å². The summed E-state index contributed by atoms with van der Waals surface area (Å²) in [5, 5.41) is 5.97. The molecule has 3 rings (SSSR count). The van der Waals surface area contributed by atoms with Gasteiger partial charge < -0.3 is 14.6 Å². The smallest absolute Gasteiger partial charge is 0.336 e. The predicted molar refractivity (Wildman–Crippen MR) is 103 cm³/mol. The third kappa shape index (κ3) is 4.12. The average Bonchev–Trinajstić information content (AvgIpc) is 3.06. The van der Waals surface area contributed by atoms with E-state index in [1.54, 1.807) is 17.4 Å². The van der Waals surface area contributed by atoms with Crippen LogP contribution in [0.15, 0.2) is 44.9 Å². The predicted octanol–water partition coefficient (Wildman–Crippen LogP) is 1.77. The van der Waals surface area contributed by atoms with Crippen LogP contribution in [0, 0.1) is 6.92 Å². The molecule has 25 heavy (non-hydrogen) atoms. The molecule has 0 aliphatic rings. The Morgan fingerprint density at radius 3 is 2.80 bits per heavy atom. The van der Waals surface area contributed by atoms with Crippen molar-refractivity contribution in [2.45, 2.75) is 19.5 Å². The number of quaternary nitrogens is 2. The fourth-order valence-corrected chi connectivity index (χ4v) is 4.18. The van der Waals surface area contributed by atoms with E-state index < -0.39 is 0 Å². The molecular weight excluding hydrogens is 356 g/mol. The molecule has 2 heterocycles. The molecule has 3 N–H and O–H groups in total. The minimum Gasteiger partial charge on any atom is -0.423 e. The van der Waals surface area contributed by atoms with E-state index in [0.29, 0.717) is 16.6 Å². The lowest BCUT2D eigenvalue weighted by Gasteiger charge is -2.19. The SMILES string of the molecule is Cc1cc2oc(=O)cc(C[NH2+]C[C@H](c3cccs3)[NH+](C)C)c2cc1Cl. The zero-order chi connectivity index (χ0) is 18.0. The second-order valence-corrected chi connectivity index (χ2v) is 7.95. The number of rotatable bonds is 6. The zero-order valence-electron chi connectivity index (χ0n) is 14.6. The molecule has 0 bridgehead atoms. The Morgan fingerprint density at radius 2 is 2.12 bits per heavy atom. The van der Waals surface area contributed by atoms with Gasteiger partial charge in [0.2, 0.25) is 0 Å². The third-order valence-corrected chi connectivity index (χ3v) is 5.85. The highest BCUT2D eigenvalue weighted by Crippen LogP contribution is 2.24. The molecule has 0 aliphatic carbocycles. The Kier molecular flexibility index (Phi) is 5.59. The Bertz CT molecular complexity index is 919. The molecule has 0 saturated carbocycles. The molecule has 6 heteroatoms. The summed E-state index contributed by atoms with van der Waals surface area (Å²) in [6.45, 7) is 3.58. The minimum atomic E-state index is -0.314. The second kappa shape index (κ2) is 7.70. The van der Waals surface area contributed by atoms with E-state index in [1.807, 2.05) is 19.1 Å². The molecule has 3 aromatic rings. The van der Waals surface area contributed by atoms with Crippen LogP contribution in [0.25, 0.3) is 11.0 Å². The van der Waals surface area contributed by atoms with Crippen LogP contribution >= 0.6 is 22.9 Å². The molecule has 4 nitrogen and oxygen atoms in total. The summed E-state index contributed by atoms with van der Waals surface area (Å²) in [6, 6.07) is 10.0. The van der Waals surface area contributed by atoms with Gasteiger partial charge in [-0.25, -0.2) is 4.79 Å². The first kappa shape index (κ1) is 18.1. The van der Waals surface area contributed by atoms with Gasteiger partial charge in [0, 0.05) is 22.0 Å². The van der Waals surface area contributed by atoms with Gasteiger partial charge in [-0.2, -0.15) is 0 Å². The Hall–Kier alpha value is -1.66. The van der Waals surface area contributed by atoms with Gasteiger partial charge in [-0.3, -0.25) is 0 Å². The molecular formula is C19H23ClN2O2S+2. The van der Waals surface area contributed by atoms with Gasteiger partial charge >= 0.3 is 5.63 Å². The van der Waals surface area contributed by atoms with E-state index in [9.17, 15) is 4.79 Å². The number of thiophene rings is 1. The Labute approximate surface area is 156 Å². The van der Waals surface area contributed by atoms with Crippen LogP contribution in [0.4, 0.5) is 0 Å². The lowest BCUT2D eigenvalue weighted by Crippen LogP contribution is -3.09. The van der Waals surface area contributed by atoms with E-state index >= 15 is 0 Å². The summed E-state index contributed by atoms with van der Waals surface area (Å²) in [4.78, 5) is 14.7. The molecule has 0 fully saturated rings. The maximum absolute atomic E-state index is 11.9. The fraction of sp³-hybridized carbons (Fsp3) is 0.316. The van der Waals surface area contributed by atoms with Gasteiger partial charge in [0.25, 0.3) is 0 Å². The average molecular weight is 379 g/mol. The van der Waals surface area contributed by atoms with Crippen LogP contribution in [0.2, 0.25) is 5.02 Å². The highest BCUT2D eigenvalue weighted by atomic mass is 35.5. The Morgan fingerprint density at radius 1 is 1.32 bits per heavy atom. The van der Waals surface area contributed by atoms with Gasteiger partial charge in [0.1, 0.15) is 18.7 Å². The number of aryl methyl sites for hydroxylation is 1. The molecule has 0 amide bonds. The van der Waals surface area contributed by atoms with Crippen molar-refractivity contribution in [2.75, 3.05) is 20.6 Å². The number of hydrogen-bond donors (Lipinski definition) is 2. The van der Waals surface area contributed by atoms with E-state index in [4.69, 9.17) is 16.0 Å². The molecule has 0 spiro atoms. The van der Waals surface area contributed by atoms with Crippen LogP contribution < -0.4 is 15.8 Å². The summed E-state index contributed by atoms with van der Waals surface area (Å²) in [7, 11) is 4.35. The third-order valence-electron chi connectivity index (χ3n) is 4.46. The van der Waals surface area contributed by atoms with Crippen LogP contribution in [0.3, 0.4) is 0 Å². The van der Waals surface area contributed by atoms with Gasteiger partial charge in [-0.05, 0) is 36.1 Å². The maximum Gasteiger partial charge on any atom is 0.336 e. The quantitative estimate of drug-likeness (QED) is 0.642. The molecule has 132 valence electrons. The number of halogens is 1. The first-order valence-corrected chi connectivity index (χ1v) is 9.59. The maximum atomic E-state index is 11.9. The van der Waals surface area contributed by atoms with Crippen molar-refractivity contribution in [3.05, 3.63) is 67.2 Å². The van der Waals surface area contributed by atoms with E-state index in [1.165, 1.54) is 9.78 Å². The number of benzene rings is 1. The number of hydrogen-bond acceptors (Lipinski definition) is 3. The van der Waals surface area contributed by atoms with E-state index in [2.05, 4.69) is 36.9 Å². The largest absolute Gasteiger partial charge is 0.423 e. The number of nitrogens with one attached hydrogen (secondary N) is 1. The molecule has 0 radical (unpaired) electrons. The first-order valence-electron chi connectivity index (χ1n) is 8.33. The summed E-state index contributed by atoms with van der Waals surface area (Å²) in [5.41, 5.74) is 2.16. The van der Waals surface area contributed by atoms with E-state index in [0.717, 1.165) is 29.6 Å². The second-order valence-electron chi connectivity index (χ2n) is 6.56. The van der Waals surface area contributed by atoms with E-state index in [-0.39, 0.29) is 5.63 Å². The van der Waals surface area contributed by atoms with Crippen molar-refractivity contribution < 1.29 is 14.6 Å². The lowest BCUT2D eigenvalue weighted by molar-refractivity contribution is -0.910. The number of nitrogens with two attached hydrogens (primary N) is 1. The Balaban J connectivity index is 1.81. The van der Waals surface area contributed by atoms with Crippen LogP contribution in [-0.2, 0) is 6.54 Å². The van der Waals surface area contributed by atoms with Gasteiger partial charge in [0.15, 0.2) is 6.04 Å². The molecule has 0 aliphatic heterocycles. The van der Waals surface area contributed by atoms with Crippen molar-refractivity contribution in [3.63, 3.8) is 0 Å².